The number of fused-ring (bicyclic) bond motifs is 1. The van der Waals surface area contributed by atoms with Crippen molar-refractivity contribution in [3.8, 4) is 0 Å². The Kier molecular flexibility index (Phi) is 3.12. The van der Waals surface area contributed by atoms with Crippen LogP contribution in [0.1, 0.15) is 15.9 Å². The summed E-state index contributed by atoms with van der Waals surface area (Å²) in [5, 5.41) is 3.40. The minimum atomic E-state index is -0.201. The minimum Gasteiger partial charge on any atom is -0.399 e. The smallest absolute Gasteiger partial charge is 0.257 e. The van der Waals surface area contributed by atoms with E-state index in [0.29, 0.717) is 16.4 Å². The van der Waals surface area contributed by atoms with Crippen LogP contribution in [0.4, 0.5) is 10.8 Å². The molecule has 0 aliphatic carbocycles. The second kappa shape index (κ2) is 4.94. The van der Waals surface area contributed by atoms with Gasteiger partial charge in [-0.05, 0) is 42.8 Å². The van der Waals surface area contributed by atoms with E-state index < -0.39 is 0 Å². The highest BCUT2D eigenvalue weighted by atomic mass is 32.1. The van der Waals surface area contributed by atoms with Crippen LogP contribution in [0.15, 0.2) is 42.5 Å². The molecule has 2 aromatic carbocycles. The molecule has 100 valence electrons. The standard InChI is InChI=1S/C15H13N3OS/c1-9-5-6-12-13(7-9)20-15(17-12)18-14(19)10-3-2-4-11(16)8-10/h2-8H,16H2,1H3,(H,17,18,19). The van der Waals surface area contributed by atoms with E-state index >= 15 is 0 Å². The molecule has 0 saturated heterocycles. The molecule has 0 fully saturated rings. The van der Waals surface area contributed by atoms with Crippen LogP contribution in [0.25, 0.3) is 10.2 Å². The van der Waals surface area contributed by atoms with Crippen molar-refractivity contribution in [2.24, 2.45) is 0 Å². The molecule has 5 heteroatoms. The topological polar surface area (TPSA) is 68.0 Å². The molecule has 0 radical (unpaired) electrons. The van der Waals surface area contributed by atoms with E-state index in [0.717, 1.165) is 10.2 Å². The number of anilines is 2. The van der Waals surface area contributed by atoms with Gasteiger partial charge >= 0.3 is 0 Å². The van der Waals surface area contributed by atoms with Gasteiger partial charge in [0.25, 0.3) is 5.91 Å². The summed E-state index contributed by atoms with van der Waals surface area (Å²) < 4.78 is 1.06. The average Bonchev–Trinajstić information content (AvgIpc) is 2.80. The number of thiazole rings is 1. The lowest BCUT2D eigenvalue weighted by molar-refractivity contribution is 0.102. The summed E-state index contributed by atoms with van der Waals surface area (Å²) in [7, 11) is 0. The molecule has 20 heavy (non-hydrogen) atoms. The molecule has 0 bridgehead atoms. The predicted molar refractivity (Wildman–Crippen MR) is 83.2 cm³/mol. The summed E-state index contributed by atoms with van der Waals surface area (Å²) in [4.78, 5) is 16.5. The maximum Gasteiger partial charge on any atom is 0.257 e. The number of nitrogens with one attached hydrogen (secondary N) is 1. The number of benzene rings is 2. The second-order valence-corrected chi connectivity index (χ2v) is 5.60. The number of carbonyl (C=O) groups is 1. The molecule has 1 heterocycles. The van der Waals surface area contributed by atoms with E-state index in [1.54, 1.807) is 24.3 Å². The lowest BCUT2D eigenvalue weighted by atomic mass is 10.2. The maximum atomic E-state index is 12.1. The van der Waals surface area contributed by atoms with Gasteiger partial charge in [0.1, 0.15) is 0 Å². The first-order chi connectivity index (χ1) is 9.61. The second-order valence-electron chi connectivity index (χ2n) is 4.57. The van der Waals surface area contributed by atoms with Crippen molar-refractivity contribution in [1.82, 2.24) is 4.98 Å². The molecule has 0 aliphatic rings. The van der Waals surface area contributed by atoms with Crippen molar-refractivity contribution >= 4 is 38.3 Å². The third-order valence-electron chi connectivity index (χ3n) is 2.91. The zero-order chi connectivity index (χ0) is 14.1. The van der Waals surface area contributed by atoms with Crippen LogP contribution in [-0.2, 0) is 0 Å². The fraction of sp³-hybridized carbons (Fsp3) is 0.0667. The van der Waals surface area contributed by atoms with Crippen LogP contribution < -0.4 is 11.1 Å². The van der Waals surface area contributed by atoms with Gasteiger partial charge in [-0.25, -0.2) is 4.98 Å². The monoisotopic (exact) mass is 283 g/mol. The van der Waals surface area contributed by atoms with Crippen LogP contribution in [0.2, 0.25) is 0 Å². The van der Waals surface area contributed by atoms with Crippen LogP contribution in [0, 0.1) is 6.92 Å². The van der Waals surface area contributed by atoms with Crippen LogP contribution in [-0.4, -0.2) is 10.9 Å². The fourth-order valence-electron chi connectivity index (χ4n) is 1.93. The van der Waals surface area contributed by atoms with Gasteiger partial charge < -0.3 is 5.73 Å². The first kappa shape index (κ1) is 12.6. The third kappa shape index (κ3) is 2.48. The molecular formula is C15H13N3OS. The van der Waals surface area contributed by atoms with E-state index in [9.17, 15) is 4.79 Å². The zero-order valence-corrected chi connectivity index (χ0v) is 11.7. The number of aromatic nitrogens is 1. The fourth-order valence-corrected chi connectivity index (χ4v) is 2.89. The highest BCUT2D eigenvalue weighted by Crippen LogP contribution is 2.27. The van der Waals surface area contributed by atoms with Crippen molar-refractivity contribution in [3.63, 3.8) is 0 Å². The molecule has 3 N–H and O–H groups in total. The predicted octanol–water partition coefficient (Wildman–Crippen LogP) is 3.44. The number of aryl methyl sites for hydroxylation is 1. The number of rotatable bonds is 2. The van der Waals surface area contributed by atoms with E-state index in [4.69, 9.17) is 5.73 Å². The number of hydrogen-bond donors (Lipinski definition) is 2. The molecule has 3 aromatic rings. The number of hydrogen-bond acceptors (Lipinski definition) is 4. The molecule has 0 spiro atoms. The quantitative estimate of drug-likeness (QED) is 0.708. The summed E-state index contributed by atoms with van der Waals surface area (Å²) in [6, 6.07) is 12.9. The van der Waals surface area contributed by atoms with Crippen molar-refractivity contribution in [2.45, 2.75) is 6.92 Å². The van der Waals surface area contributed by atoms with Gasteiger partial charge in [-0.3, -0.25) is 10.1 Å². The Bertz CT molecular complexity index is 795. The number of nitrogen functional groups attached to an aromatic ring is 1. The Balaban J connectivity index is 1.87. The lowest BCUT2D eigenvalue weighted by Crippen LogP contribution is -2.11. The Morgan fingerprint density at radius 1 is 1.25 bits per heavy atom. The SMILES string of the molecule is Cc1ccc2nc(NC(=O)c3cccc(N)c3)sc2c1. The Morgan fingerprint density at radius 3 is 2.90 bits per heavy atom. The summed E-state index contributed by atoms with van der Waals surface area (Å²) in [5.74, 6) is -0.201. The molecule has 1 aromatic heterocycles. The van der Waals surface area contributed by atoms with E-state index in [-0.39, 0.29) is 5.91 Å². The molecule has 0 aliphatic heterocycles. The van der Waals surface area contributed by atoms with Gasteiger partial charge in [0.05, 0.1) is 10.2 Å². The average molecular weight is 283 g/mol. The Hall–Kier alpha value is -2.40. The number of nitrogens with two attached hydrogens (primary N) is 1. The number of carbonyl (C=O) groups excluding carboxylic acids is 1. The van der Waals surface area contributed by atoms with Gasteiger partial charge in [-0.15, -0.1) is 0 Å². The molecule has 0 unspecified atom stereocenters. The largest absolute Gasteiger partial charge is 0.399 e. The summed E-state index contributed by atoms with van der Waals surface area (Å²) in [5.41, 5.74) is 8.84. The van der Waals surface area contributed by atoms with Crippen molar-refractivity contribution < 1.29 is 4.79 Å². The minimum absolute atomic E-state index is 0.201. The van der Waals surface area contributed by atoms with E-state index in [2.05, 4.69) is 16.4 Å². The van der Waals surface area contributed by atoms with Gasteiger partial charge in [-0.2, -0.15) is 0 Å². The van der Waals surface area contributed by atoms with Crippen molar-refractivity contribution in [2.75, 3.05) is 11.1 Å². The van der Waals surface area contributed by atoms with Gasteiger partial charge in [-0.1, -0.05) is 23.5 Å². The molecule has 4 nitrogen and oxygen atoms in total. The highest BCUT2D eigenvalue weighted by molar-refractivity contribution is 7.22. The zero-order valence-electron chi connectivity index (χ0n) is 10.9. The first-order valence-corrected chi connectivity index (χ1v) is 6.97. The van der Waals surface area contributed by atoms with E-state index in [1.165, 1.54) is 16.9 Å². The molecule has 1 amide bonds. The Morgan fingerprint density at radius 2 is 2.10 bits per heavy atom. The summed E-state index contributed by atoms with van der Waals surface area (Å²) in [6.07, 6.45) is 0. The molecule has 0 atom stereocenters. The molecule has 0 saturated carbocycles. The van der Waals surface area contributed by atoms with Crippen molar-refractivity contribution in [1.29, 1.82) is 0 Å². The lowest BCUT2D eigenvalue weighted by Gasteiger charge is -2.02. The number of nitrogens with zero attached hydrogens (tertiary/aromatic N) is 1. The van der Waals surface area contributed by atoms with Gasteiger partial charge in [0.2, 0.25) is 0 Å². The summed E-state index contributed by atoms with van der Waals surface area (Å²) in [6.45, 7) is 2.03. The van der Waals surface area contributed by atoms with Gasteiger partial charge in [0, 0.05) is 11.3 Å². The molecular weight excluding hydrogens is 270 g/mol. The first-order valence-electron chi connectivity index (χ1n) is 6.16. The third-order valence-corrected chi connectivity index (χ3v) is 3.85. The maximum absolute atomic E-state index is 12.1. The highest BCUT2D eigenvalue weighted by Gasteiger charge is 2.10. The van der Waals surface area contributed by atoms with E-state index in [1.807, 2.05) is 19.1 Å². The van der Waals surface area contributed by atoms with Crippen LogP contribution >= 0.6 is 11.3 Å². The Labute approximate surface area is 120 Å². The van der Waals surface area contributed by atoms with Crippen LogP contribution in [0.5, 0.6) is 0 Å². The summed E-state index contributed by atoms with van der Waals surface area (Å²) >= 11 is 1.46. The van der Waals surface area contributed by atoms with Gasteiger partial charge in [0.15, 0.2) is 5.13 Å². The van der Waals surface area contributed by atoms with Crippen LogP contribution in [0.3, 0.4) is 0 Å². The normalized spacial score (nSPS) is 10.7. The molecule has 3 rings (SSSR count). The van der Waals surface area contributed by atoms with Crippen molar-refractivity contribution in [3.05, 3.63) is 53.6 Å². The number of amides is 1.